The molecule has 2 rings (SSSR count). The summed E-state index contributed by atoms with van der Waals surface area (Å²) in [5.74, 6) is -2.07. The number of carboxylic acids is 1. The van der Waals surface area contributed by atoms with Crippen molar-refractivity contribution in [2.45, 2.75) is 19.4 Å². The lowest BCUT2D eigenvalue weighted by molar-refractivity contribution is -0.305. The van der Waals surface area contributed by atoms with E-state index in [-0.39, 0.29) is 0 Å². The van der Waals surface area contributed by atoms with Crippen LogP contribution >= 0.6 is 0 Å². The molecule has 1 atom stereocenters. The first-order chi connectivity index (χ1) is 8.84. The fraction of sp³-hybridized carbons (Fsp3) is 0.308. The molecule has 0 unspecified atom stereocenters. The first kappa shape index (κ1) is 13.1. The van der Waals surface area contributed by atoms with Crippen molar-refractivity contribution in [3.8, 4) is 0 Å². The predicted octanol–water partition coefficient (Wildman–Crippen LogP) is -0.488. The zero-order valence-corrected chi connectivity index (χ0v) is 10.6. The monoisotopic (exact) mass is 261 g/mol. The Bertz CT molecular complexity index is 552. The second kappa shape index (κ2) is 4.38. The number of aryl methyl sites for hydroxylation is 1. The Labute approximate surface area is 110 Å². The maximum absolute atomic E-state index is 12.2. The summed E-state index contributed by atoms with van der Waals surface area (Å²) in [5.41, 5.74) is 0.397. The number of carbonyl (C=O) groups is 3. The van der Waals surface area contributed by atoms with E-state index >= 15 is 0 Å². The molecule has 0 aromatic heterocycles. The first-order valence-electron chi connectivity index (χ1n) is 5.75. The van der Waals surface area contributed by atoms with E-state index in [0.717, 1.165) is 5.56 Å². The predicted molar refractivity (Wildman–Crippen MR) is 63.8 cm³/mol. The van der Waals surface area contributed by atoms with Crippen LogP contribution in [0.3, 0.4) is 0 Å². The van der Waals surface area contributed by atoms with Crippen molar-refractivity contribution in [2.75, 3.05) is 6.54 Å². The number of nitrogens with one attached hydrogen (secondary N) is 1. The molecule has 6 heteroatoms. The Morgan fingerprint density at radius 2 is 1.89 bits per heavy atom. The molecule has 0 aliphatic carbocycles. The average molecular weight is 261 g/mol. The smallest absolute Gasteiger partial charge is 0.325 e. The van der Waals surface area contributed by atoms with Crippen molar-refractivity contribution in [3.05, 3.63) is 35.4 Å². The van der Waals surface area contributed by atoms with Gasteiger partial charge < -0.3 is 15.2 Å². The van der Waals surface area contributed by atoms with Crippen molar-refractivity contribution in [1.82, 2.24) is 10.2 Å². The molecule has 1 aliphatic rings. The quantitative estimate of drug-likeness (QED) is 0.744. The van der Waals surface area contributed by atoms with E-state index < -0.39 is 30.0 Å². The maximum atomic E-state index is 12.2. The minimum Gasteiger partial charge on any atom is -0.548 e. The third-order valence-electron chi connectivity index (χ3n) is 3.19. The number of hydrogen-bond donors (Lipinski definition) is 1. The molecular formula is C13H13N2O4-. The SMILES string of the molecule is Cc1ccc([C@]2(C)NC(=O)N(CC(=O)[O-])C2=O)cc1. The van der Waals surface area contributed by atoms with Gasteiger partial charge in [0.05, 0.1) is 12.5 Å². The van der Waals surface area contributed by atoms with Gasteiger partial charge in [0, 0.05) is 0 Å². The van der Waals surface area contributed by atoms with Gasteiger partial charge in [0.15, 0.2) is 0 Å². The summed E-state index contributed by atoms with van der Waals surface area (Å²) in [6.45, 7) is 2.71. The summed E-state index contributed by atoms with van der Waals surface area (Å²) < 4.78 is 0. The van der Waals surface area contributed by atoms with Gasteiger partial charge in [-0.15, -0.1) is 0 Å². The van der Waals surface area contributed by atoms with Crippen LogP contribution in [0.4, 0.5) is 4.79 Å². The van der Waals surface area contributed by atoms with E-state index in [4.69, 9.17) is 0 Å². The highest BCUT2D eigenvalue weighted by molar-refractivity contribution is 6.08. The number of urea groups is 1. The van der Waals surface area contributed by atoms with Crippen molar-refractivity contribution in [2.24, 2.45) is 0 Å². The van der Waals surface area contributed by atoms with Crippen LogP contribution in [-0.4, -0.2) is 29.4 Å². The number of carboxylic acid groups (broad SMARTS) is 1. The molecule has 1 aromatic rings. The van der Waals surface area contributed by atoms with Crippen LogP contribution in [0.5, 0.6) is 0 Å². The first-order valence-corrected chi connectivity index (χ1v) is 5.75. The van der Waals surface area contributed by atoms with Crippen LogP contribution in [0.15, 0.2) is 24.3 Å². The molecule has 1 aliphatic heterocycles. The summed E-state index contributed by atoms with van der Waals surface area (Å²) in [5, 5.41) is 13.1. The lowest BCUT2D eigenvalue weighted by Gasteiger charge is -2.22. The summed E-state index contributed by atoms with van der Waals surface area (Å²) >= 11 is 0. The van der Waals surface area contributed by atoms with Gasteiger partial charge in [-0.05, 0) is 19.4 Å². The topological polar surface area (TPSA) is 89.5 Å². The second-order valence-electron chi connectivity index (χ2n) is 4.68. The van der Waals surface area contributed by atoms with E-state index in [2.05, 4.69) is 5.32 Å². The van der Waals surface area contributed by atoms with Crippen LogP contribution in [0.1, 0.15) is 18.1 Å². The third kappa shape index (κ3) is 2.16. The number of nitrogens with zero attached hydrogens (tertiary/aromatic N) is 1. The van der Waals surface area contributed by atoms with Crippen LogP contribution in [0.25, 0.3) is 0 Å². The van der Waals surface area contributed by atoms with Crippen LogP contribution in [0, 0.1) is 6.92 Å². The molecule has 1 N–H and O–H groups in total. The van der Waals surface area contributed by atoms with Crippen molar-refractivity contribution in [1.29, 1.82) is 0 Å². The Balaban J connectivity index is 2.35. The number of rotatable bonds is 3. The molecule has 3 amide bonds. The van der Waals surface area contributed by atoms with E-state index in [1.54, 1.807) is 19.1 Å². The molecule has 1 fully saturated rings. The summed E-state index contributed by atoms with van der Waals surface area (Å²) in [4.78, 5) is 35.1. The minimum absolute atomic E-state index is 0.592. The number of hydrogen-bond acceptors (Lipinski definition) is 4. The molecule has 19 heavy (non-hydrogen) atoms. The number of benzene rings is 1. The van der Waals surface area contributed by atoms with E-state index in [9.17, 15) is 19.5 Å². The van der Waals surface area contributed by atoms with E-state index in [1.807, 2.05) is 19.1 Å². The average Bonchev–Trinajstić information content (AvgIpc) is 2.54. The zero-order valence-electron chi connectivity index (χ0n) is 10.6. The largest absolute Gasteiger partial charge is 0.548 e. The summed E-state index contributed by atoms with van der Waals surface area (Å²) in [7, 11) is 0. The van der Waals surface area contributed by atoms with Crippen LogP contribution in [0.2, 0.25) is 0 Å². The summed E-state index contributed by atoms with van der Waals surface area (Å²) in [6, 6.07) is 6.38. The highest BCUT2D eigenvalue weighted by Crippen LogP contribution is 2.28. The van der Waals surface area contributed by atoms with Gasteiger partial charge in [-0.1, -0.05) is 29.8 Å². The molecule has 0 radical (unpaired) electrons. The minimum atomic E-state index is -1.48. The highest BCUT2D eigenvalue weighted by Gasteiger charge is 2.48. The maximum Gasteiger partial charge on any atom is 0.325 e. The van der Waals surface area contributed by atoms with Gasteiger partial charge in [0.1, 0.15) is 5.54 Å². The van der Waals surface area contributed by atoms with Crippen LogP contribution in [-0.2, 0) is 15.1 Å². The van der Waals surface area contributed by atoms with Crippen molar-refractivity contribution >= 4 is 17.9 Å². The van der Waals surface area contributed by atoms with Gasteiger partial charge in [0.25, 0.3) is 5.91 Å². The lowest BCUT2D eigenvalue weighted by Crippen LogP contribution is -2.43. The molecular weight excluding hydrogens is 248 g/mol. The van der Waals surface area contributed by atoms with Gasteiger partial charge in [-0.25, -0.2) is 4.79 Å². The highest BCUT2D eigenvalue weighted by atomic mass is 16.4. The lowest BCUT2D eigenvalue weighted by atomic mass is 9.91. The Hall–Kier alpha value is -2.37. The van der Waals surface area contributed by atoms with Crippen molar-refractivity contribution in [3.63, 3.8) is 0 Å². The molecule has 100 valence electrons. The molecule has 1 aromatic carbocycles. The van der Waals surface area contributed by atoms with Gasteiger partial charge in [0.2, 0.25) is 0 Å². The molecule has 0 spiro atoms. The fourth-order valence-electron chi connectivity index (χ4n) is 2.05. The normalized spacial score (nSPS) is 22.5. The standard InChI is InChI=1S/C13H14N2O4/c1-8-3-5-9(6-4-8)13(2)11(18)15(7-10(16)17)12(19)14-13/h3-6H,7H2,1-2H3,(H,14,19)(H,16,17)/p-1/t13-/m0/s1. The van der Waals surface area contributed by atoms with Gasteiger partial charge in [-0.3, -0.25) is 9.69 Å². The Kier molecular flexibility index (Phi) is 3.01. The number of amides is 3. The summed E-state index contributed by atoms with van der Waals surface area (Å²) in [6.07, 6.45) is 0. The molecule has 0 saturated carbocycles. The molecule has 1 saturated heterocycles. The van der Waals surface area contributed by atoms with Gasteiger partial charge in [-0.2, -0.15) is 0 Å². The fourth-order valence-corrected chi connectivity index (χ4v) is 2.05. The molecule has 0 bridgehead atoms. The van der Waals surface area contributed by atoms with E-state index in [0.29, 0.717) is 10.5 Å². The second-order valence-corrected chi connectivity index (χ2v) is 4.68. The number of aliphatic carboxylic acids is 1. The molecule has 6 nitrogen and oxygen atoms in total. The van der Waals surface area contributed by atoms with Gasteiger partial charge >= 0.3 is 6.03 Å². The number of carbonyl (C=O) groups excluding carboxylic acids is 3. The van der Waals surface area contributed by atoms with Crippen LogP contribution < -0.4 is 10.4 Å². The zero-order chi connectivity index (χ0) is 14.2. The number of imide groups is 1. The van der Waals surface area contributed by atoms with E-state index in [1.165, 1.54) is 0 Å². The Morgan fingerprint density at radius 1 is 1.32 bits per heavy atom. The Morgan fingerprint density at radius 3 is 2.42 bits per heavy atom. The molecule has 1 heterocycles. The third-order valence-corrected chi connectivity index (χ3v) is 3.19. The van der Waals surface area contributed by atoms with Crippen molar-refractivity contribution < 1.29 is 19.5 Å².